The number of nitrogens with two attached hydrogens (primary N) is 1. The first-order valence-corrected chi connectivity index (χ1v) is 9.90. The second-order valence-electron chi connectivity index (χ2n) is 5.77. The standard InChI is InChI=1S/C18H17BrFN5O2S/c1-11(17(26)22-14-6-2-12(19)3-7-14)28-18-24-23-16(25(18)21)10-27-15-8-4-13(20)5-9-15/h2-9,11H,10,21H2,1H3,(H,22,26). The van der Waals surface area contributed by atoms with E-state index in [-0.39, 0.29) is 18.3 Å². The minimum absolute atomic E-state index is 0.0646. The quantitative estimate of drug-likeness (QED) is 0.408. The van der Waals surface area contributed by atoms with E-state index in [9.17, 15) is 9.18 Å². The number of rotatable bonds is 7. The van der Waals surface area contributed by atoms with Gasteiger partial charge in [0.2, 0.25) is 11.1 Å². The molecule has 3 N–H and O–H groups in total. The Bertz CT molecular complexity index is 950. The Hall–Kier alpha value is -2.59. The maximum Gasteiger partial charge on any atom is 0.237 e. The zero-order valence-corrected chi connectivity index (χ0v) is 17.2. The van der Waals surface area contributed by atoms with Crippen LogP contribution < -0.4 is 15.9 Å². The number of nitrogens with zero attached hydrogens (tertiary/aromatic N) is 3. The molecule has 0 saturated carbocycles. The van der Waals surface area contributed by atoms with E-state index in [4.69, 9.17) is 10.6 Å². The zero-order chi connectivity index (χ0) is 20.1. The summed E-state index contributed by atoms with van der Waals surface area (Å²) in [6.45, 7) is 1.82. The van der Waals surface area contributed by atoms with E-state index in [1.165, 1.54) is 40.7 Å². The van der Waals surface area contributed by atoms with Crippen LogP contribution in [0, 0.1) is 5.82 Å². The lowest BCUT2D eigenvalue weighted by atomic mass is 10.3. The number of thioether (sulfide) groups is 1. The normalized spacial score (nSPS) is 11.8. The van der Waals surface area contributed by atoms with Crippen LogP contribution in [0.2, 0.25) is 0 Å². The molecule has 3 aromatic rings. The Morgan fingerprint density at radius 2 is 1.93 bits per heavy atom. The summed E-state index contributed by atoms with van der Waals surface area (Å²) in [6, 6.07) is 12.9. The lowest BCUT2D eigenvalue weighted by Crippen LogP contribution is -2.24. The van der Waals surface area contributed by atoms with Gasteiger partial charge in [0, 0.05) is 10.2 Å². The van der Waals surface area contributed by atoms with Crippen molar-refractivity contribution < 1.29 is 13.9 Å². The van der Waals surface area contributed by atoms with E-state index >= 15 is 0 Å². The fraction of sp³-hybridized carbons (Fsp3) is 0.167. The molecule has 0 spiro atoms. The summed E-state index contributed by atoms with van der Waals surface area (Å²) in [7, 11) is 0. The minimum Gasteiger partial charge on any atom is -0.486 e. The molecule has 28 heavy (non-hydrogen) atoms. The number of carbonyl (C=O) groups excluding carboxylic acids is 1. The van der Waals surface area contributed by atoms with Gasteiger partial charge in [-0.2, -0.15) is 0 Å². The lowest BCUT2D eigenvalue weighted by molar-refractivity contribution is -0.115. The van der Waals surface area contributed by atoms with Crippen molar-refractivity contribution in [3.05, 3.63) is 64.6 Å². The summed E-state index contributed by atoms with van der Waals surface area (Å²) in [4.78, 5) is 12.4. The molecular formula is C18H17BrFN5O2S. The maximum atomic E-state index is 12.9. The zero-order valence-electron chi connectivity index (χ0n) is 14.8. The van der Waals surface area contributed by atoms with E-state index in [0.717, 1.165) is 4.47 Å². The van der Waals surface area contributed by atoms with E-state index < -0.39 is 5.25 Å². The highest BCUT2D eigenvalue weighted by atomic mass is 79.9. The second-order valence-corrected chi connectivity index (χ2v) is 7.99. The number of ether oxygens (including phenoxy) is 1. The number of amides is 1. The molecule has 1 aromatic heterocycles. The smallest absolute Gasteiger partial charge is 0.237 e. The van der Waals surface area contributed by atoms with Crippen molar-refractivity contribution in [1.82, 2.24) is 14.9 Å². The summed E-state index contributed by atoms with van der Waals surface area (Å²) in [5.41, 5.74) is 0.697. The predicted octanol–water partition coefficient (Wildman–Crippen LogP) is 3.59. The fourth-order valence-electron chi connectivity index (χ4n) is 2.15. The van der Waals surface area contributed by atoms with Crippen LogP contribution in [0.5, 0.6) is 5.75 Å². The largest absolute Gasteiger partial charge is 0.486 e. The molecular weight excluding hydrogens is 449 g/mol. The molecule has 0 saturated heterocycles. The molecule has 0 fully saturated rings. The number of carbonyl (C=O) groups is 1. The Kier molecular flexibility index (Phi) is 6.53. The van der Waals surface area contributed by atoms with Crippen LogP contribution in [0.15, 0.2) is 58.2 Å². The van der Waals surface area contributed by atoms with Crippen molar-refractivity contribution >= 4 is 39.3 Å². The van der Waals surface area contributed by atoms with Gasteiger partial charge in [0.1, 0.15) is 18.2 Å². The summed E-state index contributed by atoms with van der Waals surface area (Å²) in [6.07, 6.45) is 0. The van der Waals surface area contributed by atoms with Crippen LogP contribution in [0.4, 0.5) is 10.1 Å². The summed E-state index contributed by atoms with van der Waals surface area (Å²) in [5.74, 6) is 6.35. The van der Waals surface area contributed by atoms with Crippen LogP contribution in [-0.2, 0) is 11.4 Å². The van der Waals surface area contributed by atoms with Crippen LogP contribution in [0.1, 0.15) is 12.7 Å². The Morgan fingerprint density at radius 1 is 1.25 bits per heavy atom. The minimum atomic E-state index is -0.444. The van der Waals surface area contributed by atoms with E-state index in [0.29, 0.717) is 22.4 Å². The molecule has 10 heteroatoms. The predicted molar refractivity (Wildman–Crippen MR) is 109 cm³/mol. The van der Waals surface area contributed by atoms with Gasteiger partial charge in [-0.3, -0.25) is 4.79 Å². The fourth-order valence-corrected chi connectivity index (χ4v) is 3.21. The van der Waals surface area contributed by atoms with E-state index in [2.05, 4.69) is 31.4 Å². The van der Waals surface area contributed by atoms with E-state index in [1.54, 1.807) is 19.1 Å². The van der Waals surface area contributed by atoms with Gasteiger partial charge < -0.3 is 15.9 Å². The molecule has 1 amide bonds. The first-order chi connectivity index (χ1) is 13.4. The molecule has 1 unspecified atom stereocenters. The number of aromatic nitrogens is 3. The molecule has 0 aliphatic carbocycles. The molecule has 0 aliphatic heterocycles. The topological polar surface area (TPSA) is 95.1 Å². The number of halogens is 2. The van der Waals surface area contributed by atoms with Gasteiger partial charge in [-0.15, -0.1) is 10.2 Å². The molecule has 3 rings (SSSR count). The first-order valence-electron chi connectivity index (χ1n) is 8.23. The highest BCUT2D eigenvalue weighted by molar-refractivity contribution is 9.10. The van der Waals surface area contributed by atoms with Gasteiger partial charge in [-0.05, 0) is 55.5 Å². The summed E-state index contributed by atoms with van der Waals surface area (Å²) in [5, 5.41) is 10.8. The molecule has 1 atom stereocenters. The summed E-state index contributed by atoms with van der Waals surface area (Å²) >= 11 is 4.53. The molecule has 1 heterocycles. The second kappa shape index (κ2) is 9.07. The van der Waals surface area contributed by atoms with E-state index in [1.807, 2.05) is 12.1 Å². The third-order valence-electron chi connectivity index (χ3n) is 3.68. The molecule has 0 radical (unpaired) electrons. The Morgan fingerprint density at radius 3 is 2.61 bits per heavy atom. The van der Waals surface area contributed by atoms with Gasteiger partial charge in [0.15, 0.2) is 5.82 Å². The van der Waals surface area contributed by atoms with Crippen LogP contribution >= 0.6 is 27.7 Å². The summed E-state index contributed by atoms with van der Waals surface area (Å²) < 4.78 is 20.6. The van der Waals surface area contributed by atoms with Crippen molar-refractivity contribution in [2.45, 2.75) is 23.9 Å². The maximum absolute atomic E-state index is 12.9. The lowest BCUT2D eigenvalue weighted by Gasteiger charge is -2.11. The monoisotopic (exact) mass is 465 g/mol. The average Bonchev–Trinajstić information content (AvgIpc) is 3.03. The number of nitrogen functional groups attached to an aromatic ring is 1. The Labute approximate surface area is 173 Å². The van der Waals surface area contributed by atoms with Crippen molar-refractivity contribution in [2.24, 2.45) is 0 Å². The number of hydrogen-bond donors (Lipinski definition) is 2. The number of hydrogen-bond acceptors (Lipinski definition) is 6. The Balaban J connectivity index is 1.57. The molecule has 0 bridgehead atoms. The van der Waals surface area contributed by atoms with Gasteiger partial charge in [0.25, 0.3) is 0 Å². The highest BCUT2D eigenvalue weighted by Gasteiger charge is 2.19. The average molecular weight is 466 g/mol. The number of anilines is 1. The SMILES string of the molecule is CC(Sc1nnc(COc2ccc(F)cc2)n1N)C(=O)Nc1ccc(Br)cc1. The van der Waals surface area contributed by atoms with Crippen molar-refractivity contribution in [3.8, 4) is 5.75 Å². The van der Waals surface area contributed by atoms with Crippen molar-refractivity contribution in [2.75, 3.05) is 11.2 Å². The number of nitrogens with one attached hydrogen (secondary N) is 1. The third kappa shape index (κ3) is 5.23. The third-order valence-corrected chi connectivity index (χ3v) is 5.27. The molecule has 146 valence electrons. The van der Waals surface area contributed by atoms with Gasteiger partial charge >= 0.3 is 0 Å². The van der Waals surface area contributed by atoms with Crippen LogP contribution in [-0.4, -0.2) is 26.0 Å². The van der Waals surface area contributed by atoms with Crippen LogP contribution in [0.25, 0.3) is 0 Å². The van der Waals surface area contributed by atoms with Crippen molar-refractivity contribution in [3.63, 3.8) is 0 Å². The van der Waals surface area contributed by atoms with Crippen LogP contribution in [0.3, 0.4) is 0 Å². The number of benzene rings is 2. The molecule has 0 aliphatic rings. The van der Waals surface area contributed by atoms with Crippen molar-refractivity contribution in [1.29, 1.82) is 0 Å². The molecule has 2 aromatic carbocycles. The van der Waals surface area contributed by atoms with Gasteiger partial charge in [-0.25, -0.2) is 9.07 Å². The van der Waals surface area contributed by atoms with Gasteiger partial charge in [0.05, 0.1) is 5.25 Å². The van der Waals surface area contributed by atoms with Gasteiger partial charge in [-0.1, -0.05) is 27.7 Å². The highest BCUT2D eigenvalue weighted by Crippen LogP contribution is 2.23. The molecule has 7 nitrogen and oxygen atoms in total. The first kappa shape index (κ1) is 20.2.